The summed E-state index contributed by atoms with van der Waals surface area (Å²) < 4.78 is 18.2. The van der Waals surface area contributed by atoms with E-state index in [9.17, 15) is 18.8 Å². The molecule has 0 unspecified atom stereocenters. The van der Waals surface area contributed by atoms with Gasteiger partial charge < -0.3 is 9.64 Å². The zero-order chi connectivity index (χ0) is 15.6. The average molecular weight is 312 g/mol. The number of fused-ring (bicyclic) bond motifs is 1. The van der Waals surface area contributed by atoms with Crippen LogP contribution in [0.3, 0.4) is 0 Å². The molecule has 110 valence electrons. The molecule has 1 amide bonds. The summed E-state index contributed by atoms with van der Waals surface area (Å²) in [6.45, 7) is 1.85. The highest BCUT2D eigenvalue weighted by molar-refractivity contribution is 6.52. The molecule has 0 aliphatic carbocycles. The summed E-state index contributed by atoms with van der Waals surface area (Å²) in [6.07, 6.45) is 2.51. The second kappa shape index (κ2) is 6.05. The maximum atomic E-state index is 13.5. The minimum absolute atomic E-state index is 0.0442. The van der Waals surface area contributed by atoms with E-state index >= 15 is 0 Å². The molecule has 5 nitrogen and oxygen atoms in total. The van der Waals surface area contributed by atoms with E-state index in [2.05, 4.69) is 4.74 Å². The molecule has 1 heterocycles. The molecule has 1 aliphatic heterocycles. The highest BCUT2D eigenvalue weighted by Crippen LogP contribution is 2.32. The minimum Gasteiger partial charge on any atom is -0.463 e. The van der Waals surface area contributed by atoms with Gasteiger partial charge in [0.1, 0.15) is 5.82 Å². The van der Waals surface area contributed by atoms with E-state index < -0.39 is 23.5 Å². The van der Waals surface area contributed by atoms with E-state index in [4.69, 9.17) is 11.6 Å². The lowest BCUT2D eigenvalue weighted by molar-refractivity contribution is -0.137. The molecule has 0 saturated heterocycles. The number of nitrogens with zero attached hydrogens (tertiary/aromatic N) is 1. The molecule has 0 saturated carbocycles. The lowest BCUT2D eigenvalue weighted by atomic mass is 10.1. The van der Waals surface area contributed by atoms with Gasteiger partial charge in [-0.15, -0.1) is 0 Å². The van der Waals surface area contributed by atoms with E-state index in [1.807, 2.05) is 0 Å². The Hall–Kier alpha value is -2.21. The number of halogens is 2. The number of hydrogen-bond acceptors (Lipinski definition) is 4. The number of esters is 1. The standard InChI is InChI=1S/C14H11ClFNO4/c1-2-21-12(18)4-3-5-17-11-7-10(16)9(15)6-8(11)13(19)14(17)20/h3-4,6-7H,2,5H2,1H3/b4-3+. The predicted molar refractivity (Wildman–Crippen MR) is 73.9 cm³/mol. The summed E-state index contributed by atoms with van der Waals surface area (Å²) in [5.74, 6) is -2.83. The number of amides is 1. The number of carbonyl (C=O) groups excluding carboxylic acids is 3. The Kier molecular flexibility index (Phi) is 4.37. The number of anilines is 1. The molecule has 7 heteroatoms. The van der Waals surface area contributed by atoms with Crippen LogP contribution in [0.5, 0.6) is 0 Å². The van der Waals surface area contributed by atoms with Gasteiger partial charge in [0.05, 0.1) is 22.9 Å². The Morgan fingerprint density at radius 3 is 2.81 bits per heavy atom. The Bertz CT molecular complexity index is 657. The van der Waals surface area contributed by atoms with Crippen molar-refractivity contribution < 1.29 is 23.5 Å². The smallest absolute Gasteiger partial charge is 0.330 e. The van der Waals surface area contributed by atoms with E-state index in [0.717, 1.165) is 23.1 Å². The van der Waals surface area contributed by atoms with Crippen molar-refractivity contribution in [1.82, 2.24) is 0 Å². The molecule has 21 heavy (non-hydrogen) atoms. The fourth-order valence-corrected chi connectivity index (χ4v) is 2.08. The minimum atomic E-state index is -0.792. The van der Waals surface area contributed by atoms with Crippen LogP contribution in [-0.2, 0) is 14.3 Å². The highest BCUT2D eigenvalue weighted by atomic mass is 35.5. The van der Waals surface area contributed by atoms with Crippen LogP contribution in [0.1, 0.15) is 17.3 Å². The molecule has 0 spiro atoms. The van der Waals surface area contributed by atoms with Crippen LogP contribution in [0.4, 0.5) is 10.1 Å². The zero-order valence-corrected chi connectivity index (χ0v) is 11.8. The van der Waals surface area contributed by atoms with Gasteiger partial charge in [0.15, 0.2) is 0 Å². The molecule has 1 aliphatic rings. The molecule has 0 aromatic heterocycles. The Balaban J connectivity index is 2.23. The monoisotopic (exact) mass is 311 g/mol. The molecular formula is C14H11ClFNO4. The van der Waals surface area contributed by atoms with Crippen LogP contribution in [0, 0.1) is 5.82 Å². The second-order valence-electron chi connectivity index (χ2n) is 4.18. The van der Waals surface area contributed by atoms with Gasteiger partial charge in [-0.25, -0.2) is 9.18 Å². The molecule has 0 radical (unpaired) electrons. The molecule has 2 rings (SSSR count). The van der Waals surface area contributed by atoms with Crippen molar-refractivity contribution in [2.24, 2.45) is 0 Å². The summed E-state index contributed by atoms with van der Waals surface area (Å²) in [5, 5.41) is -0.223. The lowest BCUT2D eigenvalue weighted by Crippen LogP contribution is -2.29. The van der Waals surface area contributed by atoms with Crippen molar-refractivity contribution in [3.8, 4) is 0 Å². The van der Waals surface area contributed by atoms with Crippen LogP contribution in [-0.4, -0.2) is 30.8 Å². The predicted octanol–water partition coefficient (Wildman–Crippen LogP) is 2.13. The maximum absolute atomic E-state index is 13.5. The molecule has 0 atom stereocenters. The molecular weight excluding hydrogens is 301 g/mol. The van der Waals surface area contributed by atoms with Crippen molar-refractivity contribution >= 4 is 34.9 Å². The van der Waals surface area contributed by atoms with Gasteiger partial charge in [-0.1, -0.05) is 17.7 Å². The van der Waals surface area contributed by atoms with E-state index in [1.165, 1.54) is 6.08 Å². The summed E-state index contributed by atoms with van der Waals surface area (Å²) in [5.41, 5.74) is 0.191. The Morgan fingerprint density at radius 2 is 2.14 bits per heavy atom. The summed E-state index contributed by atoms with van der Waals surface area (Å²) in [7, 11) is 0. The number of hydrogen-bond donors (Lipinski definition) is 0. The third-order valence-corrected chi connectivity index (χ3v) is 3.13. The highest BCUT2D eigenvalue weighted by Gasteiger charge is 2.36. The van der Waals surface area contributed by atoms with Crippen molar-refractivity contribution in [3.63, 3.8) is 0 Å². The van der Waals surface area contributed by atoms with E-state index in [-0.39, 0.29) is 29.4 Å². The number of ketones is 1. The lowest BCUT2D eigenvalue weighted by Gasteiger charge is -2.14. The third kappa shape index (κ3) is 2.95. The van der Waals surface area contributed by atoms with Crippen LogP contribution < -0.4 is 4.90 Å². The number of ether oxygens (including phenoxy) is 1. The van der Waals surface area contributed by atoms with Crippen molar-refractivity contribution in [3.05, 3.63) is 40.7 Å². The number of rotatable bonds is 4. The van der Waals surface area contributed by atoms with Gasteiger partial charge in [-0.2, -0.15) is 0 Å². The first-order valence-corrected chi connectivity index (χ1v) is 6.52. The van der Waals surface area contributed by atoms with Crippen LogP contribution in [0.25, 0.3) is 0 Å². The molecule has 0 bridgehead atoms. The zero-order valence-electron chi connectivity index (χ0n) is 11.1. The van der Waals surface area contributed by atoms with Gasteiger partial charge in [0.25, 0.3) is 11.7 Å². The quantitative estimate of drug-likeness (QED) is 0.485. The van der Waals surface area contributed by atoms with Gasteiger partial charge in [-0.3, -0.25) is 9.59 Å². The summed E-state index contributed by atoms with van der Waals surface area (Å²) in [6, 6.07) is 2.15. The summed E-state index contributed by atoms with van der Waals surface area (Å²) >= 11 is 5.60. The van der Waals surface area contributed by atoms with Crippen LogP contribution in [0.2, 0.25) is 5.02 Å². The van der Waals surface area contributed by atoms with Crippen molar-refractivity contribution in [2.45, 2.75) is 6.92 Å². The first kappa shape index (κ1) is 15.2. The topological polar surface area (TPSA) is 63.7 Å². The number of carbonyl (C=O) groups is 3. The third-order valence-electron chi connectivity index (χ3n) is 2.84. The molecule has 0 fully saturated rings. The molecule has 1 aromatic rings. The van der Waals surface area contributed by atoms with E-state index in [1.54, 1.807) is 6.92 Å². The number of Topliss-reactive ketones (excluding diaryl/α,β-unsaturated/α-hetero) is 1. The number of benzene rings is 1. The Morgan fingerprint density at radius 1 is 1.43 bits per heavy atom. The van der Waals surface area contributed by atoms with Crippen molar-refractivity contribution in [2.75, 3.05) is 18.1 Å². The van der Waals surface area contributed by atoms with E-state index in [0.29, 0.717) is 0 Å². The molecule has 0 N–H and O–H groups in total. The van der Waals surface area contributed by atoms with Gasteiger partial charge >= 0.3 is 5.97 Å². The SMILES string of the molecule is CCOC(=O)/C=C/CN1C(=O)C(=O)c2cc(Cl)c(F)cc21. The largest absolute Gasteiger partial charge is 0.463 e. The fraction of sp³-hybridized carbons (Fsp3) is 0.214. The maximum Gasteiger partial charge on any atom is 0.330 e. The molecule has 1 aromatic carbocycles. The Labute approximate surface area is 124 Å². The average Bonchev–Trinajstić information content (AvgIpc) is 2.65. The van der Waals surface area contributed by atoms with Gasteiger partial charge in [-0.05, 0) is 19.1 Å². The summed E-state index contributed by atoms with van der Waals surface area (Å²) in [4.78, 5) is 35.9. The van der Waals surface area contributed by atoms with Gasteiger partial charge in [0.2, 0.25) is 0 Å². The van der Waals surface area contributed by atoms with Crippen molar-refractivity contribution in [1.29, 1.82) is 0 Å². The van der Waals surface area contributed by atoms with Crippen LogP contribution in [0.15, 0.2) is 24.3 Å². The van der Waals surface area contributed by atoms with Crippen LogP contribution >= 0.6 is 11.6 Å². The normalized spacial score (nSPS) is 14.0. The van der Waals surface area contributed by atoms with Gasteiger partial charge in [0, 0.05) is 12.6 Å². The first-order valence-electron chi connectivity index (χ1n) is 6.14. The fourth-order valence-electron chi connectivity index (χ4n) is 1.91. The second-order valence-corrected chi connectivity index (χ2v) is 4.59. The first-order chi connectivity index (χ1) is 9.95.